The van der Waals surface area contributed by atoms with Crippen molar-refractivity contribution < 1.29 is 0 Å². The lowest BCUT2D eigenvalue weighted by Crippen LogP contribution is -2.36. The van der Waals surface area contributed by atoms with Gasteiger partial charge in [0, 0.05) is 24.5 Å². The van der Waals surface area contributed by atoms with Gasteiger partial charge in [-0.25, -0.2) is 9.97 Å². The maximum atomic E-state index is 4.34. The molecular formula is C13H19N3. The Hall–Kier alpha value is -0.960. The number of hydrogen-bond donors (Lipinski definition) is 0. The lowest BCUT2D eigenvalue weighted by atomic mass is 10.00. The highest BCUT2D eigenvalue weighted by Gasteiger charge is 2.52. The van der Waals surface area contributed by atoms with Crippen LogP contribution in [0.2, 0.25) is 0 Å². The fourth-order valence-corrected chi connectivity index (χ4v) is 3.05. The fraction of sp³-hybridized carbons (Fsp3) is 0.692. The summed E-state index contributed by atoms with van der Waals surface area (Å²) in [5.41, 5.74) is 0. The van der Waals surface area contributed by atoms with Crippen LogP contribution in [0, 0.1) is 11.8 Å². The molecule has 1 aromatic rings. The Labute approximate surface area is 96.9 Å². The molecule has 0 bridgehead atoms. The molecule has 1 aromatic heterocycles. The first kappa shape index (κ1) is 10.2. The van der Waals surface area contributed by atoms with Gasteiger partial charge in [-0.05, 0) is 30.7 Å². The number of nitrogens with zero attached hydrogens (tertiary/aromatic N) is 3. The molecule has 1 aliphatic carbocycles. The van der Waals surface area contributed by atoms with Crippen LogP contribution >= 0.6 is 0 Å². The molecule has 3 rings (SSSR count). The van der Waals surface area contributed by atoms with Crippen molar-refractivity contribution in [3.8, 4) is 0 Å². The van der Waals surface area contributed by atoms with Crippen LogP contribution in [-0.2, 0) is 6.54 Å². The van der Waals surface area contributed by atoms with Crippen molar-refractivity contribution in [3.63, 3.8) is 0 Å². The lowest BCUT2D eigenvalue weighted by Gasteiger charge is -2.29. The van der Waals surface area contributed by atoms with Crippen molar-refractivity contribution in [2.24, 2.45) is 11.8 Å². The minimum absolute atomic E-state index is 0.743. The highest BCUT2D eigenvalue weighted by atomic mass is 15.3. The molecule has 3 nitrogen and oxygen atoms in total. The van der Waals surface area contributed by atoms with Crippen LogP contribution < -0.4 is 0 Å². The molecule has 1 saturated heterocycles. The molecule has 0 N–H and O–H groups in total. The lowest BCUT2D eigenvalue weighted by molar-refractivity contribution is 0.162. The van der Waals surface area contributed by atoms with Crippen molar-refractivity contribution in [1.29, 1.82) is 0 Å². The van der Waals surface area contributed by atoms with Crippen LogP contribution in [0.3, 0.4) is 0 Å². The molecule has 0 spiro atoms. The first-order chi connectivity index (χ1) is 7.75. The fourth-order valence-electron chi connectivity index (χ4n) is 3.05. The minimum atomic E-state index is 0.743. The third kappa shape index (κ3) is 1.73. The third-order valence-corrected chi connectivity index (χ3v) is 3.99. The summed E-state index contributed by atoms with van der Waals surface area (Å²) in [4.78, 5) is 11.3. The molecule has 2 fully saturated rings. The summed E-state index contributed by atoms with van der Waals surface area (Å²) in [6.45, 7) is 5.59. The van der Waals surface area contributed by atoms with Crippen LogP contribution in [-0.4, -0.2) is 27.0 Å². The average molecular weight is 217 g/mol. The molecule has 3 unspecified atom stereocenters. The van der Waals surface area contributed by atoms with Gasteiger partial charge in [0.1, 0.15) is 5.82 Å². The highest BCUT2D eigenvalue weighted by molar-refractivity contribution is 5.07. The predicted molar refractivity (Wildman–Crippen MR) is 62.7 cm³/mol. The van der Waals surface area contributed by atoms with Gasteiger partial charge in [-0.3, -0.25) is 4.90 Å². The zero-order valence-corrected chi connectivity index (χ0v) is 10.0. The number of rotatable bonds is 3. The smallest absolute Gasteiger partial charge is 0.142 e. The van der Waals surface area contributed by atoms with Gasteiger partial charge in [0.15, 0.2) is 0 Å². The summed E-state index contributed by atoms with van der Waals surface area (Å²) < 4.78 is 0. The number of piperidine rings is 1. The third-order valence-electron chi connectivity index (χ3n) is 3.99. The van der Waals surface area contributed by atoms with Crippen molar-refractivity contribution >= 4 is 0 Å². The summed E-state index contributed by atoms with van der Waals surface area (Å²) in [5.74, 6) is 2.69. The zero-order valence-electron chi connectivity index (χ0n) is 10.0. The molecule has 16 heavy (non-hydrogen) atoms. The van der Waals surface area contributed by atoms with Gasteiger partial charge in [-0.2, -0.15) is 0 Å². The molecule has 2 heterocycles. The Bertz CT molecular complexity index is 363. The van der Waals surface area contributed by atoms with Crippen LogP contribution in [0.5, 0.6) is 0 Å². The van der Waals surface area contributed by atoms with Gasteiger partial charge in [0.05, 0.1) is 6.54 Å². The Morgan fingerprint density at radius 2 is 2.06 bits per heavy atom. The zero-order chi connectivity index (χ0) is 11.1. The topological polar surface area (TPSA) is 29.0 Å². The maximum Gasteiger partial charge on any atom is 0.142 e. The summed E-state index contributed by atoms with van der Waals surface area (Å²) in [5, 5.41) is 0. The SMILES string of the molecule is CC(C)C1CC2CC2N1Cc1ncccn1. The molecule has 0 amide bonds. The second-order valence-electron chi connectivity index (χ2n) is 5.45. The van der Waals surface area contributed by atoms with E-state index in [0.29, 0.717) is 0 Å². The molecule has 3 heteroatoms. The molecule has 0 radical (unpaired) electrons. The molecule has 0 aromatic carbocycles. The van der Waals surface area contributed by atoms with E-state index in [-0.39, 0.29) is 0 Å². The van der Waals surface area contributed by atoms with Crippen molar-refractivity contribution in [1.82, 2.24) is 14.9 Å². The maximum absolute atomic E-state index is 4.34. The van der Waals surface area contributed by atoms with Gasteiger partial charge < -0.3 is 0 Å². The van der Waals surface area contributed by atoms with Gasteiger partial charge in [-0.1, -0.05) is 13.8 Å². The average Bonchev–Trinajstić information content (AvgIpc) is 2.97. The van der Waals surface area contributed by atoms with Crippen LogP contribution in [0.1, 0.15) is 32.5 Å². The second kappa shape index (κ2) is 3.81. The first-order valence-corrected chi connectivity index (χ1v) is 6.27. The molecule has 1 saturated carbocycles. The first-order valence-electron chi connectivity index (χ1n) is 6.27. The summed E-state index contributed by atoms with van der Waals surface area (Å²) >= 11 is 0. The Morgan fingerprint density at radius 3 is 2.75 bits per heavy atom. The number of aromatic nitrogens is 2. The summed E-state index contributed by atoms with van der Waals surface area (Å²) in [6.07, 6.45) is 6.46. The van der Waals surface area contributed by atoms with Crippen LogP contribution in [0.25, 0.3) is 0 Å². The summed E-state index contributed by atoms with van der Waals surface area (Å²) in [6, 6.07) is 3.46. The standard InChI is InChI=1S/C13H19N3/c1-9(2)11-6-10-7-12(10)16(11)8-13-14-4-3-5-15-13/h3-5,9-12H,6-8H2,1-2H3. The van der Waals surface area contributed by atoms with E-state index < -0.39 is 0 Å². The number of likely N-dealkylation sites (tertiary alicyclic amines) is 1. The van der Waals surface area contributed by atoms with Crippen molar-refractivity contribution in [3.05, 3.63) is 24.3 Å². The number of fused-ring (bicyclic) bond motifs is 1. The molecule has 3 atom stereocenters. The molecular weight excluding hydrogens is 198 g/mol. The van der Waals surface area contributed by atoms with E-state index >= 15 is 0 Å². The summed E-state index contributed by atoms with van der Waals surface area (Å²) in [7, 11) is 0. The van der Waals surface area contributed by atoms with E-state index in [1.807, 2.05) is 18.5 Å². The largest absolute Gasteiger partial charge is 0.289 e. The Kier molecular flexibility index (Phi) is 2.43. The van der Waals surface area contributed by atoms with E-state index in [2.05, 4.69) is 28.7 Å². The predicted octanol–water partition coefficient (Wildman–Crippen LogP) is 2.10. The Morgan fingerprint density at radius 1 is 1.31 bits per heavy atom. The van der Waals surface area contributed by atoms with E-state index in [9.17, 15) is 0 Å². The van der Waals surface area contributed by atoms with Crippen molar-refractivity contribution in [2.45, 2.75) is 45.3 Å². The normalized spacial score (nSPS) is 33.1. The van der Waals surface area contributed by atoms with E-state index in [1.54, 1.807) is 0 Å². The van der Waals surface area contributed by atoms with E-state index in [1.165, 1.54) is 12.8 Å². The van der Waals surface area contributed by atoms with Gasteiger partial charge in [-0.15, -0.1) is 0 Å². The van der Waals surface area contributed by atoms with Crippen molar-refractivity contribution in [2.75, 3.05) is 0 Å². The molecule has 86 valence electrons. The van der Waals surface area contributed by atoms with Crippen LogP contribution in [0.4, 0.5) is 0 Å². The van der Waals surface area contributed by atoms with E-state index in [0.717, 1.165) is 36.3 Å². The molecule has 1 aliphatic heterocycles. The highest BCUT2D eigenvalue weighted by Crippen LogP contribution is 2.49. The second-order valence-corrected chi connectivity index (χ2v) is 5.45. The van der Waals surface area contributed by atoms with Gasteiger partial charge >= 0.3 is 0 Å². The van der Waals surface area contributed by atoms with Gasteiger partial charge in [0.2, 0.25) is 0 Å². The van der Waals surface area contributed by atoms with Gasteiger partial charge in [0.25, 0.3) is 0 Å². The quantitative estimate of drug-likeness (QED) is 0.776. The molecule has 2 aliphatic rings. The van der Waals surface area contributed by atoms with Crippen LogP contribution in [0.15, 0.2) is 18.5 Å². The van der Waals surface area contributed by atoms with E-state index in [4.69, 9.17) is 0 Å². The Balaban J connectivity index is 1.73. The number of hydrogen-bond acceptors (Lipinski definition) is 3. The minimum Gasteiger partial charge on any atom is -0.289 e. The monoisotopic (exact) mass is 217 g/mol.